The van der Waals surface area contributed by atoms with Crippen molar-refractivity contribution < 1.29 is 9.53 Å². The van der Waals surface area contributed by atoms with E-state index in [2.05, 4.69) is 32.9 Å². The monoisotopic (exact) mass is 491 g/mol. The van der Waals surface area contributed by atoms with Gasteiger partial charge in [0.2, 0.25) is 5.17 Å². The second-order valence-electron chi connectivity index (χ2n) is 8.33. The average molecular weight is 492 g/mol. The van der Waals surface area contributed by atoms with Crippen LogP contribution in [0.1, 0.15) is 11.1 Å². The molecule has 8 heteroatoms. The Hall–Kier alpha value is -4.43. The number of nitrogens with zero attached hydrogens (tertiary/aromatic N) is 4. The summed E-state index contributed by atoms with van der Waals surface area (Å²) < 4.78 is 7.93. The first-order valence-corrected chi connectivity index (χ1v) is 12.3. The fourth-order valence-electron chi connectivity index (χ4n) is 4.21. The Balaban J connectivity index is 1.29. The third-order valence-corrected chi connectivity index (χ3v) is 6.80. The summed E-state index contributed by atoms with van der Waals surface area (Å²) in [6.07, 6.45) is 3.76. The highest BCUT2D eigenvalue weighted by atomic mass is 32.2. The number of rotatable bonds is 6. The molecule has 0 spiro atoms. The molecule has 0 radical (unpaired) electrons. The topological polar surface area (TPSA) is 83.0 Å². The number of carbonyl (C=O) groups excluding carboxylic acids is 1. The van der Waals surface area contributed by atoms with Crippen molar-refractivity contribution >= 4 is 50.7 Å². The summed E-state index contributed by atoms with van der Waals surface area (Å²) in [5, 5.41) is 16.6. The van der Waals surface area contributed by atoms with Gasteiger partial charge in [-0.1, -0.05) is 66.7 Å². The van der Waals surface area contributed by atoms with E-state index in [1.807, 2.05) is 72.9 Å². The Kier molecular flexibility index (Phi) is 5.71. The summed E-state index contributed by atoms with van der Waals surface area (Å²) in [5.74, 6) is 0.289. The highest BCUT2D eigenvalue weighted by Crippen LogP contribution is 2.30. The number of ether oxygens (including phenoxy) is 1. The number of benzene rings is 3. The molecule has 0 saturated carbocycles. The van der Waals surface area contributed by atoms with Crippen molar-refractivity contribution in [2.24, 2.45) is 10.1 Å². The summed E-state index contributed by atoms with van der Waals surface area (Å²) in [4.78, 5) is 17.2. The Morgan fingerprint density at radius 3 is 2.47 bits per heavy atom. The molecule has 1 amide bonds. The third kappa shape index (κ3) is 4.23. The normalized spacial score (nSPS) is 16.3. The molecule has 36 heavy (non-hydrogen) atoms. The van der Waals surface area contributed by atoms with Gasteiger partial charge >= 0.3 is 0 Å². The summed E-state index contributed by atoms with van der Waals surface area (Å²) >= 11 is 1.25. The van der Waals surface area contributed by atoms with E-state index in [1.165, 1.54) is 22.3 Å². The highest BCUT2D eigenvalue weighted by molar-refractivity contribution is 8.27. The number of thioether (sulfide) groups is 1. The summed E-state index contributed by atoms with van der Waals surface area (Å²) in [6.45, 7) is 0.938. The molecule has 0 fully saturated rings. The lowest BCUT2D eigenvalue weighted by Crippen LogP contribution is -2.35. The Morgan fingerprint density at radius 2 is 1.67 bits per heavy atom. The fourth-order valence-corrected chi connectivity index (χ4v) is 5.01. The molecule has 0 aliphatic carbocycles. The van der Waals surface area contributed by atoms with Gasteiger partial charge in [0.05, 0.1) is 5.57 Å². The largest absolute Gasteiger partial charge is 0.487 e. The zero-order valence-corrected chi connectivity index (χ0v) is 20.0. The van der Waals surface area contributed by atoms with Crippen LogP contribution in [0.3, 0.4) is 0 Å². The van der Waals surface area contributed by atoms with Gasteiger partial charge in [-0.25, -0.2) is 0 Å². The third-order valence-electron chi connectivity index (χ3n) is 5.92. The minimum Gasteiger partial charge on any atom is -0.487 e. The van der Waals surface area contributed by atoms with Crippen LogP contribution >= 0.6 is 11.8 Å². The van der Waals surface area contributed by atoms with Crippen LogP contribution in [0.2, 0.25) is 0 Å². The maximum Gasteiger partial charge on any atom is 0.283 e. The summed E-state index contributed by atoms with van der Waals surface area (Å²) in [5.41, 5.74) is 3.30. The van der Waals surface area contributed by atoms with Crippen LogP contribution < -0.4 is 4.74 Å². The Morgan fingerprint density at radius 1 is 0.944 bits per heavy atom. The van der Waals surface area contributed by atoms with E-state index in [1.54, 1.807) is 6.08 Å². The second kappa shape index (κ2) is 9.31. The predicted octanol–water partition coefficient (Wildman–Crippen LogP) is 5.39. The molecule has 0 atom stereocenters. The van der Waals surface area contributed by atoms with Crippen LogP contribution in [0, 0.1) is 5.41 Å². The minimum atomic E-state index is -0.445. The molecule has 3 heterocycles. The number of amides is 1. The lowest BCUT2D eigenvalue weighted by atomic mass is 10.1. The summed E-state index contributed by atoms with van der Waals surface area (Å²) in [6, 6.07) is 27.7. The molecule has 176 valence electrons. The predicted molar refractivity (Wildman–Crippen MR) is 144 cm³/mol. The number of hydrogen-bond acceptors (Lipinski definition) is 5. The van der Waals surface area contributed by atoms with Crippen molar-refractivity contribution in [3.05, 3.63) is 108 Å². The fraction of sp³-hybridized carbons (Fsp3) is 0.0714. The van der Waals surface area contributed by atoms with Crippen LogP contribution in [0.4, 0.5) is 0 Å². The van der Waals surface area contributed by atoms with Gasteiger partial charge in [0, 0.05) is 29.2 Å². The van der Waals surface area contributed by atoms with Crippen LogP contribution in [0.5, 0.6) is 5.75 Å². The van der Waals surface area contributed by atoms with Crippen LogP contribution in [-0.2, 0) is 11.3 Å². The number of hydrazone groups is 1. The highest BCUT2D eigenvalue weighted by Gasteiger charge is 2.36. The van der Waals surface area contributed by atoms with Crippen LogP contribution in [0.15, 0.2) is 107 Å². The van der Waals surface area contributed by atoms with E-state index in [-0.39, 0.29) is 18.0 Å². The number of aromatic nitrogens is 1. The van der Waals surface area contributed by atoms with Gasteiger partial charge in [-0.15, -0.1) is 0 Å². The minimum absolute atomic E-state index is 0.00658. The number of para-hydroxylation sites is 2. The number of hydrogen-bond donors (Lipinski definition) is 1. The molecule has 2 aliphatic rings. The zero-order valence-electron chi connectivity index (χ0n) is 19.2. The molecule has 0 unspecified atom stereocenters. The first kappa shape index (κ1) is 22.1. The molecule has 1 N–H and O–H groups in total. The van der Waals surface area contributed by atoms with Gasteiger partial charge in [-0.2, -0.15) is 15.1 Å². The second-order valence-corrected chi connectivity index (χ2v) is 9.37. The van der Waals surface area contributed by atoms with E-state index < -0.39 is 5.91 Å². The lowest BCUT2D eigenvalue weighted by Gasteiger charge is -2.20. The van der Waals surface area contributed by atoms with Crippen molar-refractivity contribution in [1.82, 2.24) is 9.58 Å². The van der Waals surface area contributed by atoms with Crippen molar-refractivity contribution in [2.45, 2.75) is 6.54 Å². The SMILES string of the molecule is N=C1C(=Cc2cn(Cc3ccccc3)c3ccccc23)C(=O)N=C2SC(COc3ccccc3)=NN12. The summed E-state index contributed by atoms with van der Waals surface area (Å²) in [7, 11) is 0. The van der Waals surface area contributed by atoms with Crippen LogP contribution in [-0.4, -0.2) is 38.1 Å². The molecular formula is C28H21N5O2S. The molecule has 0 bridgehead atoms. The standard InChI is InChI=1S/C28H21N5O2S/c29-26-23(27(34)30-28-33(26)31-25(36-28)18-35-21-11-5-2-6-12-21)15-20-17-32(16-19-9-3-1-4-10-19)24-14-8-7-13-22(20)24/h1-15,17,29H,16,18H2. The maximum absolute atomic E-state index is 12.9. The number of carbonyl (C=O) groups is 1. The van der Waals surface area contributed by atoms with Gasteiger partial charge in [0.15, 0.2) is 5.84 Å². The van der Waals surface area contributed by atoms with E-state index in [0.29, 0.717) is 16.8 Å². The maximum atomic E-state index is 12.9. The molecule has 2 aliphatic heterocycles. The number of aliphatic imine (C=N–C) groups is 1. The van der Waals surface area contributed by atoms with E-state index >= 15 is 0 Å². The number of nitrogens with one attached hydrogen (secondary N) is 1. The first-order chi connectivity index (χ1) is 17.7. The average Bonchev–Trinajstić information content (AvgIpc) is 3.48. The Bertz CT molecular complexity index is 1570. The smallest absolute Gasteiger partial charge is 0.283 e. The number of amidine groups is 2. The van der Waals surface area contributed by atoms with Gasteiger partial charge in [0.1, 0.15) is 17.4 Å². The molecule has 4 aromatic rings. The van der Waals surface area contributed by atoms with Gasteiger partial charge in [-0.3, -0.25) is 10.2 Å². The van der Waals surface area contributed by atoms with E-state index in [0.717, 1.165) is 22.2 Å². The van der Waals surface area contributed by atoms with Crippen molar-refractivity contribution in [1.29, 1.82) is 5.41 Å². The van der Waals surface area contributed by atoms with E-state index in [4.69, 9.17) is 10.1 Å². The van der Waals surface area contributed by atoms with Crippen LogP contribution in [0.25, 0.3) is 17.0 Å². The first-order valence-electron chi connectivity index (χ1n) is 11.4. The molecule has 0 saturated heterocycles. The van der Waals surface area contributed by atoms with Gasteiger partial charge in [0.25, 0.3) is 5.91 Å². The van der Waals surface area contributed by atoms with Crippen molar-refractivity contribution in [3.63, 3.8) is 0 Å². The van der Waals surface area contributed by atoms with Crippen molar-refractivity contribution in [2.75, 3.05) is 6.61 Å². The number of fused-ring (bicyclic) bond motifs is 2. The van der Waals surface area contributed by atoms with E-state index in [9.17, 15) is 4.79 Å². The lowest BCUT2D eigenvalue weighted by molar-refractivity contribution is -0.114. The molecule has 1 aromatic heterocycles. The molecule has 6 rings (SSSR count). The quantitative estimate of drug-likeness (QED) is 0.367. The molecule has 7 nitrogen and oxygen atoms in total. The van der Waals surface area contributed by atoms with Crippen molar-refractivity contribution in [3.8, 4) is 5.75 Å². The zero-order chi connectivity index (χ0) is 24.5. The van der Waals surface area contributed by atoms with Gasteiger partial charge in [-0.05, 0) is 41.6 Å². The molecule has 3 aromatic carbocycles. The Labute approximate surface area is 211 Å². The van der Waals surface area contributed by atoms with Gasteiger partial charge < -0.3 is 9.30 Å². The molecular weight excluding hydrogens is 470 g/mol.